The minimum atomic E-state index is -0.720. The third kappa shape index (κ3) is 1.58. The van der Waals surface area contributed by atoms with Crippen LogP contribution in [0.3, 0.4) is 0 Å². The molecular formula is C11H8ClNO2S. The summed E-state index contributed by atoms with van der Waals surface area (Å²) in [5, 5.41) is 10.4. The Balaban J connectivity index is 1.98. The van der Waals surface area contributed by atoms with Gasteiger partial charge in [-0.15, -0.1) is 11.3 Å². The van der Waals surface area contributed by atoms with Crippen molar-refractivity contribution >= 4 is 39.1 Å². The lowest BCUT2D eigenvalue weighted by atomic mass is 10.3. The number of rotatable bonds is 2. The predicted molar refractivity (Wildman–Crippen MR) is 63.1 cm³/mol. The minimum absolute atomic E-state index is 0.105. The molecule has 1 fully saturated rings. The van der Waals surface area contributed by atoms with Gasteiger partial charge in [0.15, 0.2) is 0 Å². The zero-order chi connectivity index (χ0) is 11.3. The summed E-state index contributed by atoms with van der Waals surface area (Å²) in [5.41, 5.74) is 0.864. The fourth-order valence-corrected chi connectivity index (χ4v) is 3.11. The highest BCUT2D eigenvalue weighted by Crippen LogP contribution is 2.49. The van der Waals surface area contributed by atoms with E-state index >= 15 is 0 Å². The van der Waals surface area contributed by atoms with Gasteiger partial charge >= 0.3 is 5.97 Å². The molecule has 1 aliphatic carbocycles. The standard InChI is InChI=1S/C11H8ClNO2S/c12-5-1-2-9-8(3-5)13-10(16-9)6-4-7(6)11(14)15/h1-3,6-7H,4H2,(H,14,15). The average Bonchev–Trinajstić information content (AvgIpc) is 2.93. The normalized spacial score (nSPS) is 23.6. The van der Waals surface area contributed by atoms with E-state index in [-0.39, 0.29) is 11.8 Å². The van der Waals surface area contributed by atoms with Gasteiger partial charge in [0.1, 0.15) is 0 Å². The maximum absolute atomic E-state index is 10.8. The molecule has 5 heteroatoms. The molecule has 2 atom stereocenters. The Kier molecular flexibility index (Phi) is 2.16. The van der Waals surface area contributed by atoms with Crippen LogP contribution < -0.4 is 0 Å². The van der Waals surface area contributed by atoms with Crippen molar-refractivity contribution in [3.8, 4) is 0 Å². The summed E-state index contributed by atoms with van der Waals surface area (Å²) in [6, 6.07) is 5.57. The summed E-state index contributed by atoms with van der Waals surface area (Å²) in [5.74, 6) is -0.855. The van der Waals surface area contributed by atoms with E-state index in [1.165, 1.54) is 0 Å². The fraction of sp³-hybridized carbons (Fsp3) is 0.273. The molecule has 82 valence electrons. The van der Waals surface area contributed by atoms with Gasteiger partial charge < -0.3 is 5.11 Å². The van der Waals surface area contributed by atoms with Crippen molar-refractivity contribution in [1.29, 1.82) is 0 Å². The molecule has 0 saturated heterocycles. The SMILES string of the molecule is O=C(O)C1CC1c1nc2cc(Cl)ccc2s1. The van der Waals surface area contributed by atoms with Crippen molar-refractivity contribution in [2.24, 2.45) is 5.92 Å². The van der Waals surface area contributed by atoms with Crippen LogP contribution in [0.5, 0.6) is 0 Å². The first-order valence-electron chi connectivity index (χ1n) is 4.94. The minimum Gasteiger partial charge on any atom is -0.481 e. The highest BCUT2D eigenvalue weighted by Gasteiger charge is 2.46. The van der Waals surface area contributed by atoms with E-state index in [2.05, 4.69) is 4.98 Å². The fourth-order valence-electron chi connectivity index (χ4n) is 1.82. The van der Waals surface area contributed by atoms with Crippen molar-refractivity contribution in [3.05, 3.63) is 28.2 Å². The largest absolute Gasteiger partial charge is 0.481 e. The Hall–Kier alpha value is -1.13. The molecule has 3 nitrogen and oxygen atoms in total. The van der Waals surface area contributed by atoms with E-state index in [4.69, 9.17) is 16.7 Å². The number of carbonyl (C=O) groups is 1. The van der Waals surface area contributed by atoms with Gasteiger partial charge in [-0.3, -0.25) is 4.79 Å². The van der Waals surface area contributed by atoms with Gasteiger partial charge in [0.2, 0.25) is 0 Å². The first-order valence-corrected chi connectivity index (χ1v) is 6.13. The molecule has 16 heavy (non-hydrogen) atoms. The van der Waals surface area contributed by atoms with Gasteiger partial charge in [-0.1, -0.05) is 11.6 Å². The highest BCUT2D eigenvalue weighted by atomic mass is 35.5. The molecule has 1 aliphatic rings. The number of aliphatic carboxylic acids is 1. The Morgan fingerprint density at radius 2 is 2.38 bits per heavy atom. The van der Waals surface area contributed by atoms with Crippen LogP contribution in [0.4, 0.5) is 0 Å². The molecule has 0 amide bonds. The number of hydrogen-bond acceptors (Lipinski definition) is 3. The molecule has 1 aromatic carbocycles. The summed E-state index contributed by atoms with van der Waals surface area (Å²) in [6.45, 7) is 0. The van der Waals surface area contributed by atoms with Crippen molar-refractivity contribution < 1.29 is 9.90 Å². The molecule has 0 spiro atoms. The number of thiazole rings is 1. The molecule has 1 N–H and O–H groups in total. The van der Waals surface area contributed by atoms with Gasteiger partial charge in [0.25, 0.3) is 0 Å². The number of hydrogen-bond donors (Lipinski definition) is 1. The van der Waals surface area contributed by atoms with Crippen LogP contribution in [0.15, 0.2) is 18.2 Å². The number of halogens is 1. The lowest BCUT2D eigenvalue weighted by molar-refractivity contribution is -0.138. The van der Waals surface area contributed by atoms with Gasteiger partial charge in [-0.05, 0) is 24.6 Å². The van der Waals surface area contributed by atoms with Crippen molar-refractivity contribution in [1.82, 2.24) is 4.98 Å². The van der Waals surface area contributed by atoms with E-state index in [9.17, 15) is 4.79 Å². The number of aromatic nitrogens is 1. The molecule has 0 radical (unpaired) electrons. The molecular weight excluding hydrogens is 246 g/mol. The van der Waals surface area contributed by atoms with Crippen molar-refractivity contribution in [3.63, 3.8) is 0 Å². The van der Waals surface area contributed by atoms with E-state index in [0.717, 1.165) is 15.2 Å². The number of carboxylic acids is 1. The first kappa shape index (κ1) is 10.1. The van der Waals surface area contributed by atoms with Crippen LogP contribution in [0, 0.1) is 5.92 Å². The van der Waals surface area contributed by atoms with Crippen molar-refractivity contribution in [2.75, 3.05) is 0 Å². The second-order valence-electron chi connectivity index (χ2n) is 3.95. The monoisotopic (exact) mass is 253 g/mol. The quantitative estimate of drug-likeness (QED) is 0.895. The van der Waals surface area contributed by atoms with Gasteiger partial charge in [-0.2, -0.15) is 0 Å². The smallest absolute Gasteiger partial charge is 0.307 e. The summed E-state index contributed by atoms with van der Waals surface area (Å²) in [4.78, 5) is 15.2. The van der Waals surface area contributed by atoms with Crippen LogP contribution in [0.1, 0.15) is 17.3 Å². The summed E-state index contributed by atoms with van der Waals surface area (Å²) < 4.78 is 1.07. The Bertz CT molecular complexity index is 580. The van der Waals surface area contributed by atoms with Crippen LogP contribution in [-0.4, -0.2) is 16.1 Å². The molecule has 0 aliphatic heterocycles. The first-order chi connectivity index (χ1) is 7.65. The Morgan fingerprint density at radius 3 is 3.06 bits per heavy atom. The predicted octanol–water partition coefficient (Wildman–Crippen LogP) is 3.14. The zero-order valence-corrected chi connectivity index (χ0v) is 9.76. The average molecular weight is 254 g/mol. The lowest BCUT2D eigenvalue weighted by Crippen LogP contribution is -1.98. The van der Waals surface area contributed by atoms with E-state index < -0.39 is 5.97 Å². The van der Waals surface area contributed by atoms with Gasteiger partial charge in [0.05, 0.1) is 21.1 Å². The van der Waals surface area contributed by atoms with E-state index in [0.29, 0.717) is 11.4 Å². The molecule has 2 unspecified atom stereocenters. The molecule has 0 bridgehead atoms. The van der Waals surface area contributed by atoms with E-state index in [1.807, 2.05) is 18.2 Å². The topological polar surface area (TPSA) is 50.2 Å². The lowest BCUT2D eigenvalue weighted by Gasteiger charge is -1.88. The van der Waals surface area contributed by atoms with Crippen molar-refractivity contribution in [2.45, 2.75) is 12.3 Å². The zero-order valence-electron chi connectivity index (χ0n) is 8.18. The Labute approximate surface area is 101 Å². The summed E-state index contributed by atoms with van der Waals surface area (Å²) >= 11 is 7.44. The summed E-state index contributed by atoms with van der Waals surface area (Å²) in [6.07, 6.45) is 0.711. The molecule has 2 aromatic rings. The second kappa shape index (κ2) is 3.43. The highest BCUT2D eigenvalue weighted by molar-refractivity contribution is 7.18. The second-order valence-corrected chi connectivity index (χ2v) is 5.45. The number of fused-ring (bicyclic) bond motifs is 1. The molecule has 1 saturated carbocycles. The van der Waals surface area contributed by atoms with Crippen LogP contribution in [0.2, 0.25) is 5.02 Å². The van der Waals surface area contributed by atoms with Gasteiger partial charge in [0, 0.05) is 10.9 Å². The molecule has 3 rings (SSSR count). The van der Waals surface area contributed by atoms with E-state index in [1.54, 1.807) is 11.3 Å². The number of benzene rings is 1. The molecule has 1 heterocycles. The maximum Gasteiger partial charge on any atom is 0.307 e. The third-order valence-electron chi connectivity index (χ3n) is 2.79. The third-order valence-corrected chi connectivity index (χ3v) is 4.19. The number of nitrogens with zero attached hydrogens (tertiary/aromatic N) is 1. The van der Waals surface area contributed by atoms with Gasteiger partial charge in [-0.25, -0.2) is 4.98 Å². The Morgan fingerprint density at radius 1 is 1.56 bits per heavy atom. The number of carboxylic acid groups (broad SMARTS) is 1. The maximum atomic E-state index is 10.8. The van der Waals surface area contributed by atoms with Crippen LogP contribution in [0.25, 0.3) is 10.2 Å². The van der Waals surface area contributed by atoms with Crippen LogP contribution >= 0.6 is 22.9 Å². The van der Waals surface area contributed by atoms with Crippen LogP contribution in [-0.2, 0) is 4.79 Å². The summed E-state index contributed by atoms with van der Waals surface area (Å²) in [7, 11) is 0. The molecule has 1 aromatic heterocycles.